The standard InChI is InChI=1S/C26H25F13O2/c1-20-9-8-15-14-4-3-13(10-12(14)2-5-16(15)17(20)6-7-19(20)41)18(40)11-21(27,28)22(29,30)23(31,32)24(33,34)25(35,36)26(37,38)39/h3-4,10,15-18,40H,2,5-9,11H2,1H3/t15-,16-,17+,18?,20+/m1/s1. The van der Waals surface area contributed by atoms with Crippen molar-refractivity contribution < 1.29 is 67.0 Å². The van der Waals surface area contributed by atoms with Crippen LogP contribution in [-0.2, 0) is 11.2 Å². The quantitative estimate of drug-likeness (QED) is 0.313. The number of aliphatic hydroxyl groups is 1. The van der Waals surface area contributed by atoms with Gasteiger partial charge in [0.15, 0.2) is 0 Å². The highest BCUT2D eigenvalue weighted by atomic mass is 19.4. The largest absolute Gasteiger partial charge is 0.460 e. The van der Waals surface area contributed by atoms with Crippen LogP contribution < -0.4 is 0 Å². The van der Waals surface area contributed by atoms with Crippen LogP contribution in [-0.4, -0.2) is 46.7 Å². The summed E-state index contributed by atoms with van der Waals surface area (Å²) in [5, 5.41) is 10.2. The van der Waals surface area contributed by atoms with E-state index in [0.717, 1.165) is 17.7 Å². The second-order valence-electron chi connectivity index (χ2n) is 11.5. The van der Waals surface area contributed by atoms with Crippen LogP contribution in [0, 0.1) is 17.3 Å². The predicted molar refractivity (Wildman–Crippen MR) is 116 cm³/mol. The van der Waals surface area contributed by atoms with Gasteiger partial charge in [-0.25, -0.2) is 0 Å². The summed E-state index contributed by atoms with van der Waals surface area (Å²) in [6.07, 6.45) is -9.55. The van der Waals surface area contributed by atoms with Crippen molar-refractivity contribution in [2.24, 2.45) is 17.3 Å². The zero-order chi connectivity index (χ0) is 31.2. The third-order valence-corrected chi connectivity index (χ3v) is 9.29. The number of carbonyl (C=O) groups is 1. The van der Waals surface area contributed by atoms with Gasteiger partial charge in [-0.2, -0.15) is 57.1 Å². The van der Waals surface area contributed by atoms with Crippen molar-refractivity contribution in [3.05, 3.63) is 34.9 Å². The number of aliphatic hydroxyl groups excluding tert-OH is 1. The molecule has 0 amide bonds. The van der Waals surface area contributed by atoms with Gasteiger partial charge in [-0.05, 0) is 66.5 Å². The SMILES string of the molecule is C[C@]12CC[C@@H]3c4ccc(C(O)CC(F)(F)C(F)(F)C(F)(F)C(F)(F)C(F)(F)C(F)(F)F)cc4CC[C@H]3[C@@H]1CCC2=O. The molecule has 0 saturated heterocycles. The summed E-state index contributed by atoms with van der Waals surface area (Å²) in [5.74, 6) is -37.0. The minimum atomic E-state index is -7.97. The van der Waals surface area contributed by atoms with Gasteiger partial charge in [-0.1, -0.05) is 25.1 Å². The van der Waals surface area contributed by atoms with E-state index in [4.69, 9.17) is 0 Å². The number of rotatable bonds is 7. The van der Waals surface area contributed by atoms with Gasteiger partial charge in [-0.15, -0.1) is 0 Å². The van der Waals surface area contributed by atoms with Gasteiger partial charge in [0.1, 0.15) is 5.78 Å². The molecule has 0 radical (unpaired) electrons. The molecule has 4 rings (SSSR count). The molecule has 1 unspecified atom stereocenters. The van der Waals surface area contributed by atoms with Gasteiger partial charge in [-0.3, -0.25) is 4.79 Å². The Morgan fingerprint density at radius 1 is 0.829 bits per heavy atom. The van der Waals surface area contributed by atoms with Crippen LogP contribution in [0.1, 0.15) is 74.2 Å². The van der Waals surface area contributed by atoms with E-state index in [1.807, 2.05) is 6.92 Å². The molecule has 2 saturated carbocycles. The molecule has 3 aliphatic carbocycles. The fourth-order valence-corrected chi connectivity index (χ4v) is 6.87. The maximum atomic E-state index is 14.3. The van der Waals surface area contributed by atoms with Crippen molar-refractivity contribution in [2.75, 3.05) is 0 Å². The highest BCUT2D eigenvalue weighted by molar-refractivity contribution is 5.87. The van der Waals surface area contributed by atoms with Crippen molar-refractivity contribution in [3.8, 4) is 0 Å². The van der Waals surface area contributed by atoms with Crippen LogP contribution in [0.4, 0.5) is 57.1 Å². The third kappa shape index (κ3) is 4.45. The first-order valence-electron chi connectivity index (χ1n) is 12.7. The maximum absolute atomic E-state index is 14.3. The smallest absolute Gasteiger partial charge is 0.388 e. The van der Waals surface area contributed by atoms with Crippen LogP contribution >= 0.6 is 0 Å². The lowest BCUT2D eigenvalue weighted by molar-refractivity contribution is -0.440. The molecule has 3 aliphatic rings. The lowest BCUT2D eigenvalue weighted by Gasteiger charge is -2.48. The first-order chi connectivity index (χ1) is 18.4. The zero-order valence-corrected chi connectivity index (χ0v) is 21.3. The molecule has 0 aromatic heterocycles. The van der Waals surface area contributed by atoms with E-state index in [-0.39, 0.29) is 23.5 Å². The molecule has 15 heteroatoms. The van der Waals surface area contributed by atoms with E-state index in [9.17, 15) is 67.0 Å². The van der Waals surface area contributed by atoms with E-state index in [0.29, 0.717) is 44.1 Å². The van der Waals surface area contributed by atoms with Crippen molar-refractivity contribution in [3.63, 3.8) is 0 Å². The number of hydrogen-bond donors (Lipinski definition) is 1. The Morgan fingerprint density at radius 2 is 1.41 bits per heavy atom. The predicted octanol–water partition coefficient (Wildman–Crippen LogP) is 8.27. The lowest BCUT2D eigenvalue weighted by atomic mass is 9.55. The molecular formula is C26H25F13O2. The van der Waals surface area contributed by atoms with Crippen LogP contribution in [0.3, 0.4) is 0 Å². The first-order valence-corrected chi connectivity index (χ1v) is 12.7. The van der Waals surface area contributed by atoms with Crippen molar-refractivity contribution in [2.45, 2.75) is 99.7 Å². The number of benzene rings is 1. The molecule has 2 fully saturated rings. The van der Waals surface area contributed by atoms with Crippen LogP contribution in [0.5, 0.6) is 0 Å². The molecule has 5 atom stereocenters. The zero-order valence-electron chi connectivity index (χ0n) is 21.3. The average molecular weight is 616 g/mol. The fraction of sp³-hybridized carbons (Fsp3) is 0.731. The van der Waals surface area contributed by atoms with Crippen LogP contribution in [0.15, 0.2) is 18.2 Å². The Labute approximate surface area is 225 Å². The molecule has 1 aromatic carbocycles. The van der Waals surface area contributed by atoms with Crippen molar-refractivity contribution in [1.29, 1.82) is 0 Å². The topological polar surface area (TPSA) is 37.3 Å². The van der Waals surface area contributed by atoms with E-state index < -0.39 is 59.3 Å². The first kappa shape index (κ1) is 31.9. The fourth-order valence-electron chi connectivity index (χ4n) is 6.87. The number of hydrogen-bond acceptors (Lipinski definition) is 2. The summed E-state index contributed by atoms with van der Waals surface area (Å²) >= 11 is 0. The summed E-state index contributed by atoms with van der Waals surface area (Å²) in [7, 11) is 0. The van der Waals surface area contributed by atoms with Crippen molar-refractivity contribution >= 4 is 5.78 Å². The second-order valence-corrected chi connectivity index (χ2v) is 11.5. The summed E-state index contributed by atoms with van der Waals surface area (Å²) in [5.41, 5.74) is 0.336. The maximum Gasteiger partial charge on any atom is 0.460 e. The molecule has 2 nitrogen and oxygen atoms in total. The summed E-state index contributed by atoms with van der Waals surface area (Å²) in [6, 6.07) is 3.62. The van der Waals surface area contributed by atoms with Gasteiger partial charge in [0.2, 0.25) is 0 Å². The number of Topliss-reactive ketones (excluding diaryl/α,β-unsaturated/α-hetero) is 1. The summed E-state index contributed by atoms with van der Waals surface area (Å²) < 4.78 is 174. The molecule has 41 heavy (non-hydrogen) atoms. The summed E-state index contributed by atoms with van der Waals surface area (Å²) in [6.45, 7) is 1.93. The van der Waals surface area contributed by atoms with E-state index >= 15 is 0 Å². The number of carbonyl (C=O) groups excluding carboxylic acids is 1. The number of ketones is 1. The molecule has 0 aliphatic heterocycles. The monoisotopic (exact) mass is 616 g/mol. The van der Waals surface area contributed by atoms with E-state index in [1.165, 1.54) is 6.07 Å². The third-order valence-electron chi connectivity index (χ3n) is 9.29. The van der Waals surface area contributed by atoms with Crippen LogP contribution in [0.2, 0.25) is 0 Å². The minimum absolute atomic E-state index is 0.0316. The lowest BCUT2D eigenvalue weighted by Crippen LogP contribution is -2.70. The highest BCUT2D eigenvalue weighted by Gasteiger charge is 2.90. The Hall–Kier alpha value is -2.06. The molecule has 0 spiro atoms. The molecule has 0 heterocycles. The molecular weight excluding hydrogens is 591 g/mol. The number of halogens is 13. The number of alkyl halides is 13. The van der Waals surface area contributed by atoms with Gasteiger partial charge in [0, 0.05) is 18.3 Å². The normalized spacial score (nSPS) is 28.7. The average Bonchev–Trinajstić information content (AvgIpc) is 3.16. The highest BCUT2D eigenvalue weighted by Crippen LogP contribution is 2.62. The van der Waals surface area contributed by atoms with Crippen molar-refractivity contribution in [1.82, 2.24) is 0 Å². The van der Waals surface area contributed by atoms with E-state index in [2.05, 4.69) is 0 Å². The molecule has 1 N–H and O–H groups in total. The van der Waals surface area contributed by atoms with E-state index in [1.54, 1.807) is 0 Å². The Bertz CT molecular complexity index is 1190. The van der Waals surface area contributed by atoms with Gasteiger partial charge >= 0.3 is 35.8 Å². The Balaban J connectivity index is 1.56. The van der Waals surface area contributed by atoms with Crippen LogP contribution in [0.25, 0.3) is 0 Å². The van der Waals surface area contributed by atoms with Gasteiger partial charge < -0.3 is 5.11 Å². The number of fused-ring (bicyclic) bond motifs is 5. The molecule has 1 aromatic rings. The molecule has 0 bridgehead atoms. The van der Waals surface area contributed by atoms with Gasteiger partial charge in [0.25, 0.3) is 0 Å². The molecule has 232 valence electrons. The second kappa shape index (κ2) is 9.47. The minimum Gasteiger partial charge on any atom is -0.388 e. The number of aryl methyl sites for hydroxylation is 1. The van der Waals surface area contributed by atoms with Gasteiger partial charge in [0.05, 0.1) is 6.10 Å². The Morgan fingerprint density at radius 3 is 2.00 bits per heavy atom. The summed E-state index contributed by atoms with van der Waals surface area (Å²) in [4.78, 5) is 12.4. The Kier molecular flexibility index (Phi) is 7.36.